The van der Waals surface area contributed by atoms with Gasteiger partial charge < -0.3 is 4.79 Å². The van der Waals surface area contributed by atoms with E-state index in [4.69, 9.17) is 0 Å². The van der Waals surface area contributed by atoms with Crippen molar-refractivity contribution in [2.24, 2.45) is 0 Å². The normalized spacial score (nSPS) is 11.2. The second kappa shape index (κ2) is 7.25. The molecule has 17 heavy (non-hydrogen) atoms. The molecule has 0 atom stereocenters. The van der Waals surface area contributed by atoms with Crippen LogP contribution in [0.5, 0.6) is 0 Å². The van der Waals surface area contributed by atoms with Crippen molar-refractivity contribution in [2.75, 3.05) is 13.7 Å². The molecule has 0 rings (SSSR count). The molecule has 8 heteroatoms. The summed E-state index contributed by atoms with van der Waals surface area (Å²) in [7, 11) is -3.28. The van der Waals surface area contributed by atoms with Crippen LogP contribution in [0.15, 0.2) is 0 Å². The molecule has 0 spiro atoms. The minimum atomic E-state index is -4.16. The average molecular weight is 266 g/mol. The van der Waals surface area contributed by atoms with Crippen molar-refractivity contribution in [3.63, 3.8) is 0 Å². The van der Waals surface area contributed by atoms with Gasteiger partial charge in [0.1, 0.15) is 18.2 Å². The first-order valence-electron chi connectivity index (χ1n) is 4.74. The van der Waals surface area contributed by atoms with Gasteiger partial charge >= 0.3 is 10.4 Å². The summed E-state index contributed by atoms with van der Waals surface area (Å²) in [6.07, 6.45) is -0.409. The molecule has 0 aromatic heterocycles. The van der Waals surface area contributed by atoms with E-state index in [9.17, 15) is 22.8 Å². The molecule has 7 nitrogen and oxygen atoms in total. The van der Waals surface area contributed by atoms with Gasteiger partial charge in [-0.25, -0.2) is 4.18 Å². The molecule has 0 heterocycles. The monoisotopic (exact) mass is 266 g/mol. The minimum absolute atomic E-state index is 0.0297. The summed E-state index contributed by atoms with van der Waals surface area (Å²) in [4.78, 5) is 32.8. The van der Waals surface area contributed by atoms with Crippen LogP contribution in [0.4, 0.5) is 0 Å². The summed E-state index contributed by atoms with van der Waals surface area (Å²) < 4.78 is 29.4. The Hall–Kier alpha value is -1.12. The van der Waals surface area contributed by atoms with E-state index in [-0.39, 0.29) is 18.6 Å². The fraction of sp³-hybridized carbons (Fsp3) is 0.667. The first-order chi connectivity index (χ1) is 7.76. The number of Topliss-reactive ketones (excluding diaryl/α,β-unsaturated/α-hetero) is 3. The van der Waals surface area contributed by atoms with E-state index in [0.717, 1.165) is 7.11 Å². The highest BCUT2D eigenvalue weighted by molar-refractivity contribution is 7.81. The van der Waals surface area contributed by atoms with Gasteiger partial charge in [-0.2, -0.15) is 8.42 Å². The van der Waals surface area contributed by atoms with E-state index in [1.165, 1.54) is 6.92 Å². The third-order valence-electron chi connectivity index (χ3n) is 1.72. The third-order valence-corrected chi connectivity index (χ3v) is 2.53. The van der Waals surface area contributed by atoms with Gasteiger partial charge in [0.25, 0.3) is 0 Å². The highest BCUT2D eigenvalue weighted by atomic mass is 32.3. The molecule has 0 amide bonds. The summed E-state index contributed by atoms with van der Waals surface area (Å²) >= 11 is 0. The lowest BCUT2D eigenvalue weighted by atomic mass is 10.1. The second-order valence-electron chi connectivity index (χ2n) is 3.29. The maximum Gasteiger partial charge on any atom is 0.400 e. The van der Waals surface area contributed by atoms with Crippen LogP contribution in [0.25, 0.3) is 0 Å². The van der Waals surface area contributed by atoms with E-state index in [2.05, 4.69) is 8.37 Å². The molecule has 0 bridgehead atoms. The summed E-state index contributed by atoms with van der Waals surface area (Å²) in [5.74, 6) is -1.26. The fourth-order valence-corrected chi connectivity index (χ4v) is 1.23. The zero-order chi connectivity index (χ0) is 13.5. The molecular formula is C9H14O7S. The number of carbonyl (C=O) groups excluding carboxylic acids is 3. The summed E-state index contributed by atoms with van der Waals surface area (Å²) in [6, 6.07) is 0. The molecule has 0 aliphatic rings. The van der Waals surface area contributed by atoms with Crippen LogP contribution < -0.4 is 0 Å². The lowest BCUT2D eigenvalue weighted by Crippen LogP contribution is -2.18. The van der Waals surface area contributed by atoms with Crippen molar-refractivity contribution in [2.45, 2.75) is 26.2 Å². The van der Waals surface area contributed by atoms with Crippen molar-refractivity contribution < 1.29 is 31.2 Å². The Morgan fingerprint density at radius 3 is 2.12 bits per heavy atom. The average Bonchev–Trinajstić information content (AvgIpc) is 2.24. The number of carbonyl (C=O) groups is 3. The molecular weight excluding hydrogens is 252 g/mol. The Bertz CT molecular complexity index is 396. The van der Waals surface area contributed by atoms with E-state index in [0.29, 0.717) is 0 Å². The van der Waals surface area contributed by atoms with Gasteiger partial charge in [0.05, 0.1) is 13.5 Å². The number of rotatable bonds is 9. The third kappa shape index (κ3) is 8.66. The van der Waals surface area contributed by atoms with Crippen molar-refractivity contribution in [1.82, 2.24) is 0 Å². The van der Waals surface area contributed by atoms with Crippen LogP contribution in [0.3, 0.4) is 0 Å². The van der Waals surface area contributed by atoms with E-state index in [1.807, 2.05) is 0 Å². The number of hydrogen-bond acceptors (Lipinski definition) is 7. The van der Waals surface area contributed by atoms with Crippen LogP contribution in [0, 0.1) is 0 Å². The van der Waals surface area contributed by atoms with Gasteiger partial charge in [-0.05, 0) is 6.92 Å². The standard InChI is InChI=1S/C9H14O7S/c1-7(10)3-4-8(11)5-9(12)6-16-17(13,14)15-2/h3-6H2,1-2H3. The first-order valence-corrected chi connectivity index (χ1v) is 6.08. The van der Waals surface area contributed by atoms with Crippen LogP contribution >= 0.6 is 0 Å². The highest BCUT2D eigenvalue weighted by Crippen LogP contribution is 2.00. The van der Waals surface area contributed by atoms with Gasteiger partial charge in [-0.1, -0.05) is 0 Å². The molecule has 0 N–H and O–H groups in total. The van der Waals surface area contributed by atoms with Crippen molar-refractivity contribution in [3.05, 3.63) is 0 Å². The zero-order valence-corrected chi connectivity index (χ0v) is 10.4. The molecule has 0 fully saturated rings. The topological polar surface area (TPSA) is 104 Å². The number of ketones is 3. The Kier molecular flexibility index (Phi) is 6.78. The molecule has 98 valence electrons. The Labute approximate surface area is 99.4 Å². The molecule has 0 aliphatic carbocycles. The maximum atomic E-state index is 11.1. The van der Waals surface area contributed by atoms with Gasteiger partial charge in [0.15, 0.2) is 5.78 Å². The molecule has 0 aliphatic heterocycles. The largest absolute Gasteiger partial charge is 0.400 e. The van der Waals surface area contributed by atoms with Crippen LogP contribution in [0.2, 0.25) is 0 Å². The molecule has 0 saturated heterocycles. The zero-order valence-electron chi connectivity index (χ0n) is 9.59. The summed E-state index contributed by atoms with van der Waals surface area (Å²) in [6.45, 7) is 0.589. The molecule has 0 aromatic carbocycles. The van der Waals surface area contributed by atoms with Crippen molar-refractivity contribution >= 4 is 27.7 Å². The summed E-state index contributed by atoms with van der Waals surface area (Å²) in [5.41, 5.74) is 0. The molecule has 0 aromatic rings. The Morgan fingerprint density at radius 1 is 1.06 bits per heavy atom. The van der Waals surface area contributed by atoms with E-state index >= 15 is 0 Å². The Balaban J connectivity index is 3.95. The van der Waals surface area contributed by atoms with Crippen LogP contribution in [0.1, 0.15) is 26.2 Å². The van der Waals surface area contributed by atoms with Gasteiger partial charge in [-0.3, -0.25) is 13.8 Å². The molecule has 0 unspecified atom stereocenters. The lowest BCUT2D eigenvalue weighted by Gasteiger charge is -2.01. The van der Waals surface area contributed by atoms with Crippen LogP contribution in [-0.4, -0.2) is 39.5 Å². The van der Waals surface area contributed by atoms with E-state index < -0.39 is 35.0 Å². The van der Waals surface area contributed by atoms with Gasteiger partial charge in [0, 0.05) is 12.8 Å². The predicted molar refractivity (Wildman–Crippen MR) is 56.4 cm³/mol. The first kappa shape index (κ1) is 15.9. The lowest BCUT2D eigenvalue weighted by molar-refractivity contribution is -0.129. The van der Waals surface area contributed by atoms with Gasteiger partial charge in [0.2, 0.25) is 0 Å². The van der Waals surface area contributed by atoms with Crippen molar-refractivity contribution in [1.29, 1.82) is 0 Å². The van der Waals surface area contributed by atoms with Crippen molar-refractivity contribution in [3.8, 4) is 0 Å². The summed E-state index contributed by atoms with van der Waals surface area (Å²) in [5, 5.41) is 0. The SMILES string of the molecule is COS(=O)(=O)OCC(=O)CC(=O)CCC(C)=O. The fourth-order valence-electron chi connectivity index (χ4n) is 0.861. The number of hydrogen-bond donors (Lipinski definition) is 0. The molecule has 0 radical (unpaired) electrons. The van der Waals surface area contributed by atoms with Gasteiger partial charge in [-0.15, -0.1) is 0 Å². The minimum Gasteiger partial charge on any atom is -0.300 e. The molecule has 0 saturated carbocycles. The quantitative estimate of drug-likeness (QED) is 0.532. The smallest absolute Gasteiger partial charge is 0.300 e. The van der Waals surface area contributed by atoms with E-state index in [1.54, 1.807) is 0 Å². The predicted octanol–water partition coefficient (Wildman–Crippen LogP) is -0.208. The maximum absolute atomic E-state index is 11.1. The Morgan fingerprint density at radius 2 is 1.65 bits per heavy atom. The van der Waals surface area contributed by atoms with Crippen LogP contribution in [-0.2, 0) is 33.1 Å². The second-order valence-corrected chi connectivity index (χ2v) is 4.68. The highest BCUT2D eigenvalue weighted by Gasteiger charge is 2.15.